The highest BCUT2D eigenvalue weighted by Gasteiger charge is 2.03. The van der Waals surface area contributed by atoms with Crippen molar-refractivity contribution < 1.29 is 15.0 Å². The SMILES string of the molecule is O=C(O)Cc1ccccc1O.P. The highest BCUT2D eigenvalue weighted by molar-refractivity contribution is 6.92. The van der Waals surface area contributed by atoms with E-state index in [0.717, 1.165) is 0 Å². The minimum absolute atomic E-state index is 0. The first-order chi connectivity index (χ1) is 5.20. The average molecular weight is 186 g/mol. The Labute approximate surface area is 73.7 Å². The van der Waals surface area contributed by atoms with Gasteiger partial charge in [0.2, 0.25) is 0 Å². The number of carboxylic acids is 1. The lowest BCUT2D eigenvalue weighted by molar-refractivity contribution is -0.136. The van der Waals surface area contributed by atoms with Crippen LogP contribution in [0.4, 0.5) is 0 Å². The van der Waals surface area contributed by atoms with Crippen LogP contribution in [0.25, 0.3) is 0 Å². The van der Waals surface area contributed by atoms with E-state index in [1.54, 1.807) is 18.2 Å². The van der Waals surface area contributed by atoms with E-state index in [2.05, 4.69) is 0 Å². The molecule has 0 saturated carbocycles. The molecule has 0 fully saturated rings. The summed E-state index contributed by atoms with van der Waals surface area (Å²) >= 11 is 0. The lowest BCUT2D eigenvalue weighted by Gasteiger charge is -1.98. The van der Waals surface area contributed by atoms with Gasteiger partial charge in [0.05, 0.1) is 6.42 Å². The van der Waals surface area contributed by atoms with Crippen molar-refractivity contribution in [3.05, 3.63) is 29.8 Å². The van der Waals surface area contributed by atoms with Crippen LogP contribution in [0.3, 0.4) is 0 Å². The standard InChI is InChI=1S/C8H8O3.H3P/c9-7-4-2-1-3-6(7)5-8(10)11;/h1-4,9H,5H2,(H,10,11);1H3. The summed E-state index contributed by atoms with van der Waals surface area (Å²) in [4.78, 5) is 10.2. The molecule has 0 aromatic heterocycles. The van der Waals surface area contributed by atoms with Gasteiger partial charge in [-0.1, -0.05) is 18.2 Å². The molecule has 1 atom stereocenters. The van der Waals surface area contributed by atoms with Crippen LogP contribution in [0.15, 0.2) is 24.3 Å². The lowest BCUT2D eigenvalue weighted by atomic mass is 10.1. The van der Waals surface area contributed by atoms with Crippen molar-refractivity contribution in [1.29, 1.82) is 0 Å². The van der Waals surface area contributed by atoms with E-state index in [0.29, 0.717) is 5.56 Å². The zero-order chi connectivity index (χ0) is 8.27. The Balaban J connectivity index is 0.00000121. The Morgan fingerprint density at radius 1 is 1.33 bits per heavy atom. The summed E-state index contributed by atoms with van der Waals surface area (Å²) in [5, 5.41) is 17.5. The molecule has 1 aromatic carbocycles. The van der Waals surface area contributed by atoms with E-state index in [1.807, 2.05) is 0 Å². The highest BCUT2D eigenvalue weighted by atomic mass is 31.0. The maximum absolute atomic E-state index is 10.2. The number of phenolic OH excluding ortho intramolecular Hbond substituents is 1. The third kappa shape index (κ3) is 2.89. The molecule has 0 amide bonds. The minimum atomic E-state index is -0.938. The van der Waals surface area contributed by atoms with Gasteiger partial charge in [0, 0.05) is 5.56 Å². The molecule has 66 valence electrons. The summed E-state index contributed by atoms with van der Waals surface area (Å²) < 4.78 is 0. The predicted molar refractivity (Wildman–Crippen MR) is 50.6 cm³/mol. The Hall–Kier alpha value is -1.08. The second-order valence-electron chi connectivity index (χ2n) is 2.20. The fraction of sp³-hybridized carbons (Fsp3) is 0.125. The molecule has 0 radical (unpaired) electrons. The number of benzene rings is 1. The molecule has 0 saturated heterocycles. The van der Waals surface area contributed by atoms with Crippen LogP contribution in [0.1, 0.15) is 5.56 Å². The number of rotatable bonds is 2. The molecule has 0 spiro atoms. The Morgan fingerprint density at radius 3 is 2.42 bits per heavy atom. The predicted octanol–water partition coefficient (Wildman–Crippen LogP) is 1.08. The topological polar surface area (TPSA) is 57.5 Å². The second-order valence-corrected chi connectivity index (χ2v) is 2.20. The van der Waals surface area contributed by atoms with Gasteiger partial charge >= 0.3 is 5.97 Å². The van der Waals surface area contributed by atoms with E-state index in [-0.39, 0.29) is 22.1 Å². The first kappa shape index (κ1) is 10.9. The Bertz CT molecular complexity index is 273. The van der Waals surface area contributed by atoms with E-state index in [4.69, 9.17) is 10.2 Å². The van der Waals surface area contributed by atoms with Gasteiger partial charge in [-0.05, 0) is 6.07 Å². The van der Waals surface area contributed by atoms with Crippen molar-refractivity contribution in [2.75, 3.05) is 0 Å². The van der Waals surface area contributed by atoms with Crippen LogP contribution in [0.2, 0.25) is 0 Å². The summed E-state index contributed by atoms with van der Waals surface area (Å²) in [7, 11) is 0. The van der Waals surface area contributed by atoms with Crippen molar-refractivity contribution >= 4 is 15.9 Å². The molecule has 2 N–H and O–H groups in total. The van der Waals surface area contributed by atoms with Crippen LogP contribution >= 0.6 is 9.90 Å². The third-order valence-corrected chi connectivity index (χ3v) is 1.33. The molecule has 0 bridgehead atoms. The van der Waals surface area contributed by atoms with Crippen molar-refractivity contribution in [2.24, 2.45) is 0 Å². The van der Waals surface area contributed by atoms with Crippen LogP contribution in [-0.4, -0.2) is 16.2 Å². The van der Waals surface area contributed by atoms with Gasteiger partial charge in [-0.2, -0.15) is 9.90 Å². The first-order valence-electron chi connectivity index (χ1n) is 3.19. The summed E-state index contributed by atoms with van der Waals surface area (Å²) in [6.07, 6.45) is -0.132. The highest BCUT2D eigenvalue weighted by Crippen LogP contribution is 2.15. The molecule has 1 rings (SSSR count). The van der Waals surface area contributed by atoms with E-state index >= 15 is 0 Å². The fourth-order valence-corrected chi connectivity index (χ4v) is 0.823. The number of hydrogen-bond donors (Lipinski definition) is 2. The second kappa shape index (κ2) is 4.73. The van der Waals surface area contributed by atoms with Crippen molar-refractivity contribution in [1.82, 2.24) is 0 Å². The van der Waals surface area contributed by atoms with Gasteiger partial charge in [0.15, 0.2) is 0 Å². The van der Waals surface area contributed by atoms with Gasteiger partial charge in [0.1, 0.15) is 5.75 Å². The van der Waals surface area contributed by atoms with Crippen LogP contribution < -0.4 is 0 Å². The van der Waals surface area contributed by atoms with Crippen LogP contribution in [0.5, 0.6) is 5.75 Å². The minimum Gasteiger partial charge on any atom is -0.508 e. The van der Waals surface area contributed by atoms with Gasteiger partial charge in [0.25, 0.3) is 0 Å². The number of para-hydroxylation sites is 1. The summed E-state index contributed by atoms with van der Waals surface area (Å²) in [5.41, 5.74) is 0.444. The molecule has 0 aliphatic carbocycles. The Kier molecular flexibility index (Phi) is 4.30. The largest absolute Gasteiger partial charge is 0.508 e. The smallest absolute Gasteiger partial charge is 0.307 e. The zero-order valence-corrected chi connectivity index (χ0v) is 7.94. The number of carbonyl (C=O) groups is 1. The van der Waals surface area contributed by atoms with Gasteiger partial charge in [-0.15, -0.1) is 0 Å². The quantitative estimate of drug-likeness (QED) is 0.679. The molecule has 1 aromatic rings. The molecular formula is C8H11O3P. The molecule has 0 aliphatic rings. The van der Waals surface area contributed by atoms with Crippen molar-refractivity contribution in [3.63, 3.8) is 0 Å². The first-order valence-corrected chi connectivity index (χ1v) is 3.19. The average Bonchev–Trinajstić information content (AvgIpc) is 1.93. The molecular weight excluding hydrogens is 175 g/mol. The van der Waals surface area contributed by atoms with Crippen LogP contribution in [-0.2, 0) is 11.2 Å². The number of aromatic hydroxyl groups is 1. The molecule has 12 heavy (non-hydrogen) atoms. The summed E-state index contributed by atoms with van der Waals surface area (Å²) in [5.74, 6) is -0.901. The number of carboxylic acid groups (broad SMARTS) is 1. The zero-order valence-electron chi connectivity index (χ0n) is 6.53. The molecule has 4 heteroatoms. The normalized spacial score (nSPS) is 8.67. The maximum Gasteiger partial charge on any atom is 0.307 e. The number of aliphatic carboxylic acids is 1. The Morgan fingerprint density at radius 2 is 1.92 bits per heavy atom. The summed E-state index contributed by atoms with van der Waals surface area (Å²) in [6.45, 7) is 0. The monoisotopic (exact) mass is 186 g/mol. The van der Waals surface area contributed by atoms with Crippen molar-refractivity contribution in [2.45, 2.75) is 6.42 Å². The van der Waals surface area contributed by atoms with Gasteiger partial charge in [-0.25, -0.2) is 0 Å². The van der Waals surface area contributed by atoms with E-state index in [9.17, 15) is 4.79 Å². The molecule has 1 unspecified atom stereocenters. The van der Waals surface area contributed by atoms with Gasteiger partial charge in [-0.3, -0.25) is 4.79 Å². The third-order valence-electron chi connectivity index (χ3n) is 1.33. The number of hydrogen-bond acceptors (Lipinski definition) is 2. The maximum atomic E-state index is 10.2. The lowest BCUT2D eigenvalue weighted by Crippen LogP contribution is -1.99. The van der Waals surface area contributed by atoms with Crippen molar-refractivity contribution in [3.8, 4) is 5.75 Å². The fourth-order valence-electron chi connectivity index (χ4n) is 0.823. The molecule has 0 aliphatic heterocycles. The molecule has 0 heterocycles. The number of phenols is 1. The summed E-state index contributed by atoms with van der Waals surface area (Å²) in [6, 6.07) is 6.40. The van der Waals surface area contributed by atoms with Gasteiger partial charge < -0.3 is 10.2 Å². The van der Waals surface area contributed by atoms with Crippen LogP contribution in [0, 0.1) is 0 Å². The van der Waals surface area contributed by atoms with E-state index < -0.39 is 5.97 Å². The van der Waals surface area contributed by atoms with E-state index in [1.165, 1.54) is 6.07 Å². The molecule has 3 nitrogen and oxygen atoms in total.